The average molecular weight is 297 g/mol. The zero-order valence-corrected chi connectivity index (χ0v) is 12.0. The third kappa shape index (κ3) is 3.46. The first-order valence-electron chi connectivity index (χ1n) is 6.42. The van der Waals surface area contributed by atoms with Crippen molar-refractivity contribution in [3.05, 3.63) is 28.2 Å². The summed E-state index contributed by atoms with van der Waals surface area (Å²) in [6.45, 7) is 5.80. The van der Waals surface area contributed by atoms with Crippen molar-refractivity contribution in [1.29, 1.82) is 0 Å². The molecule has 1 aliphatic rings. The molecule has 0 bridgehead atoms. The minimum atomic E-state index is 0.839. The normalized spacial score (nSPS) is 22.4. The molecule has 1 saturated heterocycles. The van der Waals surface area contributed by atoms with Crippen molar-refractivity contribution >= 4 is 21.6 Å². The Morgan fingerprint density at radius 1 is 1.35 bits per heavy atom. The van der Waals surface area contributed by atoms with Gasteiger partial charge in [0.2, 0.25) is 0 Å². The topological polar surface area (TPSA) is 29.3 Å². The van der Waals surface area contributed by atoms with Gasteiger partial charge in [0.25, 0.3) is 0 Å². The lowest BCUT2D eigenvalue weighted by Crippen LogP contribution is -2.24. The van der Waals surface area contributed by atoms with Crippen LogP contribution in [0.2, 0.25) is 0 Å². The number of nitrogens with zero attached hydrogens (tertiary/aromatic N) is 1. The van der Waals surface area contributed by atoms with Crippen LogP contribution >= 0.6 is 15.9 Å². The van der Waals surface area contributed by atoms with Crippen LogP contribution in [0.3, 0.4) is 0 Å². The molecule has 1 aromatic rings. The number of benzene rings is 1. The number of hydrogen-bond acceptors (Lipinski definition) is 2. The highest BCUT2D eigenvalue weighted by Crippen LogP contribution is 2.26. The molecule has 0 radical (unpaired) electrons. The number of anilines is 1. The highest BCUT2D eigenvalue weighted by Gasteiger charge is 2.15. The summed E-state index contributed by atoms with van der Waals surface area (Å²) in [6.07, 6.45) is 4.01. The van der Waals surface area contributed by atoms with E-state index in [9.17, 15) is 0 Å². The number of nitrogens with two attached hydrogens (primary N) is 1. The van der Waals surface area contributed by atoms with E-state index in [0.717, 1.165) is 22.6 Å². The smallest absolute Gasteiger partial charge is 0.0461 e. The van der Waals surface area contributed by atoms with Gasteiger partial charge < -0.3 is 5.73 Å². The molecule has 1 atom stereocenters. The molecule has 94 valence electrons. The number of hydrogen-bond donors (Lipinski definition) is 1. The lowest BCUT2D eigenvalue weighted by molar-refractivity contribution is 0.273. The summed E-state index contributed by atoms with van der Waals surface area (Å²) in [5.74, 6) is 0.879. The van der Waals surface area contributed by atoms with Gasteiger partial charge in [-0.05, 0) is 65.8 Å². The second-order valence-corrected chi connectivity index (χ2v) is 5.93. The van der Waals surface area contributed by atoms with Crippen molar-refractivity contribution in [1.82, 2.24) is 4.90 Å². The molecule has 0 amide bonds. The Labute approximate surface area is 112 Å². The first kappa shape index (κ1) is 12.9. The average Bonchev–Trinajstić information content (AvgIpc) is 2.50. The lowest BCUT2D eigenvalue weighted by Gasteiger charge is -2.21. The second kappa shape index (κ2) is 5.87. The van der Waals surface area contributed by atoms with Crippen molar-refractivity contribution < 1.29 is 0 Å². The van der Waals surface area contributed by atoms with Crippen molar-refractivity contribution in [2.45, 2.75) is 32.7 Å². The maximum atomic E-state index is 5.91. The fraction of sp³-hybridized carbons (Fsp3) is 0.571. The number of halogens is 1. The minimum absolute atomic E-state index is 0.839. The molecule has 0 aromatic heterocycles. The summed E-state index contributed by atoms with van der Waals surface area (Å²) < 4.78 is 1.07. The van der Waals surface area contributed by atoms with Crippen LogP contribution in [0.5, 0.6) is 0 Å². The number of rotatable bonds is 2. The molecule has 1 heterocycles. The predicted molar refractivity (Wildman–Crippen MR) is 76.8 cm³/mol. The first-order valence-corrected chi connectivity index (χ1v) is 7.21. The SMILES string of the molecule is CC1CCCN(Cc2cccc(N)c2Br)CC1. The quantitative estimate of drug-likeness (QED) is 0.844. The van der Waals surface area contributed by atoms with Gasteiger partial charge in [0.05, 0.1) is 0 Å². The highest BCUT2D eigenvalue weighted by atomic mass is 79.9. The molecule has 2 N–H and O–H groups in total. The predicted octanol–water partition coefficient (Wildman–Crippen LogP) is 3.65. The molecule has 0 saturated carbocycles. The molecule has 2 rings (SSSR count). The molecule has 1 fully saturated rings. The number of likely N-dealkylation sites (tertiary alicyclic amines) is 1. The third-order valence-corrected chi connectivity index (χ3v) is 4.58. The van der Waals surface area contributed by atoms with Crippen molar-refractivity contribution in [2.24, 2.45) is 5.92 Å². The Morgan fingerprint density at radius 2 is 2.18 bits per heavy atom. The Morgan fingerprint density at radius 3 is 3.00 bits per heavy atom. The highest BCUT2D eigenvalue weighted by molar-refractivity contribution is 9.10. The van der Waals surface area contributed by atoms with Crippen LogP contribution in [0.25, 0.3) is 0 Å². The molecule has 2 nitrogen and oxygen atoms in total. The summed E-state index contributed by atoms with van der Waals surface area (Å²) >= 11 is 3.59. The van der Waals surface area contributed by atoms with E-state index < -0.39 is 0 Å². The Kier molecular flexibility index (Phi) is 4.46. The van der Waals surface area contributed by atoms with Crippen LogP contribution in [-0.4, -0.2) is 18.0 Å². The van der Waals surface area contributed by atoms with Gasteiger partial charge in [-0.1, -0.05) is 19.1 Å². The molecular weight excluding hydrogens is 276 g/mol. The van der Waals surface area contributed by atoms with Gasteiger partial charge in [-0.2, -0.15) is 0 Å². The zero-order chi connectivity index (χ0) is 12.3. The maximum absolute atomic E-state index is 5.91. The fourth-order valence-corrected chi connectivity index (χ4v) is 2.83. The molecule has 0 spiro atoms. The van der Waals surface area contributed by atoms with Gasteiger partial charge in [0.1, 0.15) is 0 Å². The van der Waals surface area contributed by atoms with E-state index in [1.54, 1.807) is 0 Å². The van der Waals surface area contributed by atoms with Gasteiger partial charge in [-0.15, -0.1) is 0 Å². The largest absolute Gasteiger partial charge is 0.398 e. The Bertz CT molecular complexity index is 378. The standard InChI is InChI=1S/C14H21BrN2/c1-11-4-3-8-17(9-7-11)10-12-5-2-6-13(16)14(12)15/h2,5-6,11H,3-4,7-10,16H2,1H3. The van der Waals surface area contributed by atoms with Crippen LogP contribution in [-0.2, 0) is 6.54 Å². The van der Waals surface area contributed by atoms with E-state index in [4.69, 9.17) is 5.73 Å². The van der Waals surface area contributed by atoms with Gasteiger partial charge in [-0.3, -0.25) is 4.90 Å². The van der Waals surface area contributed by atoms with Gasteiger partial charge >= 0.3 is 0 Å². The van der Waals surface area contributed by atoms with Gasteiger partial charge in [0.15, 0.2) is 0 Å². The summed E-state index contributed by atoms with van der Waals surface area (Å²) in [5, 5.41) is 0. The first-order chi connectivity index (χ1) is 8.16. The summed E-state index contributed by atoms with van der Waals surface area (Å²) in [4.78, 5) is 2.54. The van der Waals surface area contributed by atoms with Crippen molar-refractivity contribution in [3.63, 3.8) is 0 Å². The third-order valence-electron chi connectivity index (χ3n) is 3.61. The molecule has 1 aliphatic heterocycles. The van der Waals surface area contributed by atoms with Crippen molar-refractivity contribution in [2.75, 3.05) is 18.8 Å². The molecular formula is C14H21BrN2. The summed E-state index contributed by atoms with van der Waals surface area (Å²) in [6, 6.07) is 6.14. The van der Waals surface area contributed by atoms with E-state index in [-0.39, 0.29) is 0 Å². The minimum Gasteiger partial charge on any atom is -0.398 e. The summed E-state index contributed by atoms with van der Waals surface area (Å²) in [7, 11) is 0. The van der Waals surface area contributed by atoms with Crippen molar-refractivity contribution in [3.8, 4) is 0 Å². The Balaban J connectivity index is 2.02. The monoisotopic (exact) mass is 296 g/mol. The van der Waals surface area contributed by atoms with Crippen LogP contribution < -0.4 is 5.73 Å². The van der Waals surface area contributed by atoms with Crippen LogP contribution in [0.15, 0.2) is 22.7 Å². The van der Waals surface area contributed by atoms with Crippen LogP contribution in [0.4, 0.5) is 5.69 Å². The lowest BCUT2D eigenvalue weighted by atomic mass is 10.0. The van der Waals surface area contributed by atoms with Gasteiger partial charge in [0, 0.05) is 16.7 Å². The van der Waals surface area contributed by atoms with Crippen LogP contribution in [0.1, 0.15) is 31.7 Å². The van der Waals surface area contributed by atoms with E-state index in [1.807, 2.05) is 12.1 Å². The Hall–Kier alpha value is -0.540. The molecule has 1 unspecified atom stereocenters. The molecule has 3 heteroatoms. The van der Waals surface area contributed by atoms with Crippen LogP contribution in [0, 0.1) is 5.92 Å². The fourth-order valence-electron chi connectivity index (χ4n) is 2.44. The molecule has 1 aromatic carbocycles. The van der Waals surface area contributed by atoms with E-state index in [0.29, 0.717) is 0 Å². The second-order valence-electron chi connectivity index (χ2n) is 5.13. The van der Waals surface area contributed by atoms with Gasteiger partial charge in [-0.25, -0.2) is 0 Å². The molecule has 17 heavy (non-hydrogen) atoms. The zero-order valence-electron chi connectivity index (χ0n) is 10.5. The summed E-state index contributed by atoms with van der Waals surface area (Å²) in [5.41, 5.74) is 8.06. The van der Waals surface area contributed by atoms with E-state index in [1.165, 1.54) is 37.9 Å². The van der Waals surface area contributed by atoms with E-state index >= 15 is 0 Å². The van der Waals surface area contributed by atoms with E-state index in [2.05, 4.69) is 33.8 Å². The number of nitrogen functional groups attached to an aromatic ring is 1. The maximum Gasteiger partial charge on any atom is 0.0461 e. The molecule has 0 aliphatic carbocycles.